The lowest BCUT2D eigenvalue weighted by Gasteiger charge is -2.26. The Labute approximate surface area is 201 Å². The first kappa shape index (κ1) is 21.9. The number of carbonyl (C=O) groups excluding carboxylic acids is 1. The van der Waals surface area contributed by atoms with E-state index in [2.05, 4.69) is 10.2 Å². The van der Waals surface area contributed by atoms with Crippen LogP contribution < -0.4 is 11.1 Å². The van der Waals surface area contributed by atoms with Gasteiger partial charge in [-0.1, -0.05) is 41.8 Å². The zero-order valence-electron chi connectivity index (χ0n) is 18.0. The number of nitrogens with zero attached hydrogens (tertiary/aromatic N) is 4. The van der Waals surface area contributed by atoms with Gasteiger partial charge in [-0.15, -0.1) is 0 Å². The van der Waals surface area contributed by atoms with Gasteiger partial charge in [0.1, 0.15) is 16.9 Å². The van der Waals surface area contributed by atoms with Gasteiger partial charge in [0, 0.05) is 13.1 Å². The number of likely N-dealkylation sites (tertiary alicyclic amines) is 1. The molecule has 0 saturated carbocycles. The van der Waals surface area contributed by atoms with Gasteiger partial charge < -0.3 is 16.0 Å². The molecular formula is C24H24Cl2N6O. The van der Waals surface area contributed by atoms with Gasteiger partial charge in [-0.2, -0.15) is 0 Å². The minimum atomic E-state index is -0.266. The summed E-state index contributed by atoms with van der Waals surface area (Å²) in [4.78, 5) is 25.2. The van der Waals surface area contributed by atoms with Gasteiger partial charge in [0.05, 0.1) is 26.8 Å². The van der Waals surface area contributed by atoms with E-state index in [4.69, 9.17) is 38.9 Å². The van der Waals surface area contributed by atoms with Crippen LogP contribution in [0.1, 0.15) is 29.6 Å². The van der Waals surface area contributed by atoms with Crippen LogP contribution in [0.15, 0.2) is 42.5 Å². The number of para-hydroxylation sites is 2. The maximum absolute atomic E-state index is 13.3. The molecule has 1 amide bonds. The molecular weight excluding hydrogens is 459 g/mol. The van der Waals surface area contributed by atoms with Crippen molar-refractivity contribution in [3.8, 4) is 5.69 Å². The van der Waals surface area contributed by atoms with E-state index in [-0.39, 0.29) is 11.7 Å². The van der Waals surface area contributed by atoms with Crippen molar-refractivity contribution < 1.29 is 4.79 Å². The van der Waals surface area contributed by atoms with Crippen molar-refractivity contribution in [1.82, 2.24) is 24.8 Å². The highest BCUT2D eigenvalue weighted by molar-refractivity contribution is 6.42. The van der Waals surface area contributed by atoms with E-state index in [1.165, 1.54) is 19.3 Å². The highest BCUT2D eigenvalue weighted by atomic mass is 35.5. The normalized spacial score (nSPS) is 14.7. The Morgan fingerprint density at radius 3 is 2.45 bits per heavy atom. The summed E-state index contributed by atoms with van der Waals surface area (Å²) in [6.07, 6.45) is 3.70. The lowest BCUT2D eigenvalue weighted by Crippen LogP contribution is -2.37. The molecule has 170 valence electrons. The molecule has 2 aromatic heterocycles. The topological polar surface area (TPSA) is 89.1 Å². The number of rotatable bonds is 5. The zero-order valence-corrected chi connectivity index (χ0v) is 19.5. The van der Waals surface area contributed by atoms with E-state index in [1.807, 2.05) is 24.3 Å². The largest absolute Gasteiger partial charge is 0.384 e. The van der Waals surface area contributed by atoms with Gasteiger partial charge in [-0.3, -0.25) is 9.36 Å². The molecule has 0 aliphatic carbocycles. The highest BCUT2D eigenvalue weighted by Crippen LogP contribution is 2.33. The third kappa shape index (κ3) is 4.24. The lowest BCUT2D eigenvalue weighted by molar-refractivity contribution is 0.0949. The van der Waals surface area contributed by atoms with E-state index in [1.54, 1.807) is 22.8 Å². The Bertz CT molecular complexity index is 1350. The second-order valence-corrected chi connectivity index (χ2v) is 9.05. The molecule has 3 heterocycles. The number of benzene rings is 2. The molecule has 1 fully saturated rings. The molecule has 0 spiro atoms. The molecule has 0 bridgehead atoms. The van der Waals surface area contributed by atoms with E-state index in [0.29, 0.717) is 50.0 Å². The van der Waals surface area contributed by atoms with Crippen LogP contribution in [0.3, 0.4) is 0 Å². The van der Waals surface area contributed by atoms with Crippen LogP contribution in [0.4, 0.5) is 5.82 Å². The van der Waals surface area contributed by atoms with Crippen LogP contribution >= 0.6 is 23.2 Å². The standard InChI is InChI=1S/C24H24Cl2N6O/c25-16-9-8-15(14-17(16)26)32-22(27)20(24(33)28-10-13-31-11-4-1-5-12-31)21-23(32)30-19-7-3-2-6-18(19)29-21/h2-3,6-9,14H,1,4-5,10-13,27H2,(H,28,33). The number of fused-ring (bicyclic) bond motifs is 2. The number of carbonyl (C=O) groups is 1. The average Bonchev–Trinajstić information content (AvgIpc) is 3.10. The van der Waals surface area contributed by atoms with E-state index in [0.717, 1.165) is 19.6 Å². The molecule has 7 nitrogen and oxygen atoms in total. The zero-order chi connectivity index (χ0) is 22.9. The number of hydrogen-bond acceptors (Lipinski definition) is 5. The SMILES string of the molecule is Nc1c(C(=O)NCCN2CCCCC2)c2nc3ccccc3nc2n1-c1ccc(Cl)c(Cl)c1. The number of nitrogens with one attached hydrogen (secondary N) is 1. The van der Waals surface area contributed by atoms with Gasteiger partial charge in [0.2, 0.25) is 0 Å². The molecule has 5 rings (SSSR count). The quantitative estimate of drug-likeness (QED) is 0.431. The molecule has 0 radical (unpaired) electrons. The number of amides is 1. The average molecular weight is 483 g/mol. The molecule has 9 heteroatoms. The number of anilines is 1. The Balaban J connectivity index is 1.56. The van der Waals surface area contributed by atoms with Crippen LogP contribution in [-0.4, -0.2) is 51.5 Å². The van der Waals surface area contributed by atoms with Crippen molar-refractivity contribution in [1.29, 1.82) is 0 Å². The van der Waals surface area contributed by atoms with Crippen molar-refractivity contribution in [2.24, 2.45) is 0 Å². The number of nitrogen functional groups attached to an aromatic ring is 1. The highest BCUT2D eigenvalue weighted by Gasteiger charge is 2.25. The lowest BCUT2D eigenvalue weighted by atomic mass is 10.1. The molecule has 1 saturated heterocycles. The molecule has 1 aliphatic heterocycles. The van der Waals surface area contributed by atoms with Gasteiger partial charge >= 0.3 is 0 Å². The summed E-state index contributed by atoms with van der Waals surface area (Å²) in [6, 6.07) is 12.7. The number of hydrogen-bond donors (Lipinski definition) is 2. The van der Waals surface area contributed by atoms with Crippen LogP contribution in [0.2, 0.25) is 10.0 Å². The summed E-state index contributed by atoms with van der Waals surface area (Å²) in [5.41, 5.74) is 9.86. The van der Waals surface area contributed by atoms with Crippen molar-refractivity contribution in [2.45, 2.75) is 19.3 Å². The summed E-state index contributed by atoms with van der Waals surface area (Å²) in [5, 5.41) is 3.84. The van der Waals surface area contributed by atoms with Gasteiger partial charge in [-0.05, 0) is 56.3 Å². The smallest absolute Gasteiger partial charge is 0.257 e. The minimum Gasteiger partial charge on any atom is -0.384 e. The predicted octanol–water partition coefficient (Wildman–Crippen LogP) is 4.68. The third-order valence-corrected chi connectivity index (χ3v) is 6.79. The number of halogens is 2. The number of aromatic nitrogens is 3. The maximum Gasteiger partial charge on any atom is 0.257 e. The Kier molecular flexibility index (Phi) is 6.10. The summed E-state index contributed by atoms with van der Waals surface area (Å²) in [5.74, 6) is -0.00734. The summed E-state index contributed by atoms with van der Waals surface area (Å²) < 4.78 is 1.70. The monoisotopic (exact) mass is 482 g/mol. The molecule has 4 aromatic rings. The summed E-state index contributed by atoms with van der Waals surface area (Å²) >= 11 is 12.4. The second kappa shape index (κ2) is 9.17. The van der Waals surface area contributed by atoms with Crippen molar-refractivity contribution >= 4 is 57.1 Å². The number of nitrogens with two attached hydrogens (primary N) is 1. The fraction of sp³-hybridized carbons (Fsp3) is 0.292. The van der Waals surface area contributed by atoms with Gasteiger partial charge in [0.25, 0.3) is 5.91 Å². The molecule has 2 aromatic carbocycles. The van der Waals surface area contributed by atoms with E-state index >= 15 is 0 Å². The summed E-state index contributed by atoms with van der Waals surface area (Å²) in [7, 11) is 0. The Hall–Kier alpha value is -2.87. The first-order valence-electron chi connectivity index (χ1n) is 11.1. The molecule has 3 N–H and O–H groups in total. The van der Waals surface area contributed by atoms with E-state index in [9.17, 15) is 4.79 Å². The third-order valence-electron chi connectivity index (χ3n) is 6.05. The maximum atomic E-state index is 13.3. The summed E-state index contributed by atoms with van der Waals surface area (Å²) in [6.45, 7) is 3.50. The number of piperidine rings is 1. The first-order chi connectivity index (χ1) is 16.0. The Morgan fingerprint density at radius 1 is 1.00 bits per heavy atom. The first-order valence-corrected chi connectivity index (χ1v) is 11.8. The predicted molar refractivity (Wildman–Crippen MR) is 133 cm³/mol. The van der Waals surface area contributed by atoms with Crippen LogP contribution in [0.25, 0.3) is 27.9 Å². The molecule has 1 aliphatic rings. The molecule has 33 heavy (non-hydrogen) atoms. The van der Waals surface area contributed by atoms with Crippen molar-refractivity contribution in [2.75, 3.05) is 31.9 Å². The van der Waals surface area contributed by atoms with Crippen molar-refractivity contribution in [3.05, 3.63) is 58.1 Å². The second-order valence-electron chi connectivity index (χ2n) is 8.24. The van der Waals surface area contributed by atoms with E-state index < -0.39 is 0 Å². The Morgan fingerprint density at radius 2 is 1.73 bits per heavy atom. The van der Waals surface area contributed by atoms with Crippen LogP contribution in [-0.2, 0) is 0 Å². The van der Waals surface area contributed by atoms with Crippen LogP contribution in [0.5, 0.6) is 0 Å². The van der Waals surface area contributed by atoms with Gasteiger partial charge in [-0.25, -0.2) is 9.97 Å². The molecule has 0 atom stereocenters. The minimum absolute atomic E-state index is 0.258. The van der Waals surface area contributed by atoms with Gasteiger partial charge in [0.15, 0.2) is 5.65 Å². The fourth-order valence-corrected chi connectivity index (χ4v) is 4.66. The fourth-order valence-electron chi connectivity index (χ4n) is 4.37. The van der Waals surface area contributed by atoms with Crippen molar-refractivity contribution in [3.63, 3.8) is 0 Å². The molecule has 0 unspecified atom stereocenters. The van der Waals surface area contributed by atoms with Crippen LogP contribution in [0, 0.1) is 0 Å².